The second-order valence-corrected chi connectivity index (χ2v) is 7.84. The lowest BCUT2D eigenvalue weighted by molar-refractivity contribution is 0.426. The van der Waals surface area contributed by atoms with Gasteiger partial charge in [-0.05, 0) is 49.3 Å². The second-order valence-electron chi connectivity index (χ2n) is 5.90. The van der Waals surface area contributed by atoms with E-state index in [-0.39, 0.29) is 29.3 Å². The van der Waals surface area contributed by atoms with Crippen LogP contribution in [0.3, 0.4) is 0 Å². The van der Waals surface area contributed by atoms with Crippen LogP contribution in [-0.4, -0.2) is 31.9 Å². The summed E-state index contributed by atoms with van der Waals surface area (Å²) >= 11 is 0. The first-order chi connectivity index (χ1) is 9.39. The number of nitrogens with zero attached hydrogens (tertiary/aromatic N) is 1. The van der Waals surface area contributed by atoms with E-state index in [4.69, 9.17) is 5.73 Å². The number of hydrogen-bond acceptors (Lipinski definition) is 3. The molecule has 1 saturated carbocycles. The molecule has 3 atom stereocenters. The Kier molecular flexibility index (Phi) is 4.63. The summed E-state index contributed by atoms with van der Waals surface area (Å²) in [6.45, 7) is 2.59. The monoisotopic (exact) mass is 334 g/mol. The summed E-state index contributed by atoms with van der Waals surface area (Å²) in [6, 6.07) is 4.18. The van der Waals surface area contributed by atoms with E-state index in [2.05, 4.69) is 0 Å². The highest BCUT2D eigenvalue weighted by atomic mass is 35.5. The van der Waals surface area contributed by atoms with Crippen LogP contribution >= 0.6 is 12.4 Å². The fourth-order valence-corrected chi connectivity index (χ4v) is 4.89. The largest absolute Gasteiger partial charge is 0.327 e. The number of hydrogen-bond donors (Lipinski definition) is 1. The lowest BCUT2D eigenvalue weighted by Gasteiger charge is -2.18. The van der Waals surface area contributed by atoms with Gasteiger partial charge in [0.2, 0.25) is 10.0 Å². The molecule has 1 aliphatic carbocycles. The van der Waals surface area contributed by atoms with Crippen molar-refractivity contribution in [1.82, 2.24) is 4.31 Å². The van der Waals surface area contributed by atoms with Gasteiger partial charge in [-0.25, -0.2) is 12.8 Å². The number of rotatable bonds is 2. The lowest BCUT2D eigenvalue weighted by Crippen LogP contribution is -2.33. The quantitative estimate of drug-likeness (QED) is 0.898. The molecule has 0 amide bonds. The van der Waals surface area contributed by atoms with Gasteiger partial charge in [0.15, 0.2) is 0 Å². The van der Waals surface area contributed by atoms with Gasteiger partial charge < -0.3 is 5.73 Å². The van der Waals surface area contributed by atoms with Crippen molar-refractivity contribution in [1.29, 1.82) is 0 Å². The predicted molar refractivity (Wildman–Crippen MR) is 81.3 cm³/mol. The molecule has 118 valence electrons. The van der Waals surface area contributed by atoms with Crippen LogP contribution in [0.5, 0.6) is 0 Å². The van der Waals surface area contributed by atoms with Crippen molar-refractivity contribution in [3.63, 3.8) is 0 Å². The van der Waals surface area contributed by atoms with Crippen molar-refractivity contribution >= 4 is 22.4 Å². The Morgan fingerprint density at radius 3 is 2.62 bits per heavy atom. The maximum absolute atomic E-state index is 13.6. The summed E-state index contributed by atoms with van der Waals surface area (Å²) in [6.07, 6.45) is 1.96. The molecule has 1 aromatic carbocycles. The molecule has 0 aromatic heterocycles. The van der Waals surface area contributed by atoms with Crippen LogP contribution in [0.2, 0.25) is 0 Å². The number of sulfonamides is 1. The Hall–Kier alpha value is -0.690. The highest BCUT2D eigenvalue weighted by Crippen LogP contribution is 2.39. The van der Waals surface area contributed by atoms with Gasteiger partial charge in [0.1, 0.15) is 5.82 Å². The highest BCUT2D eigenvalue weighted by molar-refractivity contribution is 7.89. The van der Waals surface area contributed by atoms with Crippen LogP contribution < -0.4 is 5.73 Å². The van der Waals surface area contributed by atoms with Gasteiger partial charge in [-0.15, -0.1) is 12.4 Å². The van der Waals surface area contributed by atoms with E-state index >= 15 is 0 Å². The average molecular weight is 335 g/mol. The number of aryl methyl sites for hydroxylation is 1. The van der Waals surface area contributed by atoms with E-state index in [1.807, 2.05) is 0 Å². The molecular formula is C14H20ClFN2O2S. The number of nitrogens with two attached hydrogens (primary N) is 1. The van der Waals surface area contributed by atoms with E-state index in [0.717, 1.165) is 18.9 Å². The van der Waals surface area contributed by atoms with Crippen molar-refractivity contribution in [2.24, 2.45) is 17.6 Å². The summed E-state index contributed by atoms with van der Waals surface area (Å²) in [5, 5.41) is 0. The molecule has 1 saturated heterocycles. The van der Waals surface area contributed by atoms with Crippen LogP contribution in [0.25, 0.3) is 0 Å². The summed E-state index contributed by atoms with van der Waals surface area (Å²) < 4.78 is 40.2. The third kappa shape index (κ3) is 2.82. The van der Waals surface area contributed by atoms with E-state index in [0.29, 0.717) is 24.6 Å². The summed E-state index contributed by atoms with van der Waals surface area (Å²) in [5.41, 5.74) is 6.47. The maximum atomic E-state index is 13.6. The first-order valence-corrected chi connectivity index (χ1v) is 8.35. The van der Waals surface area contributed by atoms with E-state index < -0.39 is 15.8 Å². The zero-order chi connectivity index (χ0) is 14.5. The Labute approximate surface area is 131 Å². The molecule has 3 rings (SSSR count). The molecule has 1 aliphatic heterocycles. The minimum Gasteiger partial charge on any atom is -0.327 e. The fourth-order valence-electron chi connectivity index (χ4n) is 3.35. The summed E-state index contributed by atoms with van der Waals surface area (Å²) in [7, 11) is -3.61. The third-order valence-corrected chi connectivity index (χ3v) is 6.49. The van der Waals surface area contributed by atoms with Crippen molar-refractivity contribution in [2.45, 2.75) is 30.7 Å². The zero-order valence-electron chi connectivity index (χ0n) is 11.8. The van der Waals surface area contributed by atoms with Crippen molar-refractivity contribution in [3.05, 3.63) is 29.6 Å². The topological polar surface area (TPSA) is 63.4 Å². The molecule has 0 spiro atoms. The first kappa shape index (κ1) is 16.7. The molecule has 7 heteroatoms. The average Bonchev–Trinajstić information content (AvgIpc) is 2.96. The minimum absolute atomic E-state index is 0. The van der Waals surface area contributed by atoms with Gasteiger partial charge in [-0.2, -0.15) is 4.31 Å². The lowest BCUT2D eigenvalue weighted by atomic mass is 9.98. The zero-order valence-corrected chi connectivity index (χ0v) is 13.5. The van der Waals surface area contributed by atoms with Crippen LogP contribution in [0.1, 0.15) is 18.4 Å². The van der Waals surface area contributed by atoms with Gasteiger partial charge in [0, 0.05) is 19.1 Å². The molecule has 2 N–H and O–H groups in total. The van der Waals surface area contributed by atoms with Crippen LogP contribution in [0.4, 0.5) is 4.39 Å². The van der Waals surface area contributed by atoms with E-state index in [9.17, 15) is 12.8 Å². The van der Waals surface area contributed by atoms with Gasteiger partial charge in [-0.1, -0.05) is 6.07 Å². The van der Waals surface area contributed by atoms with Crippen LogP contribution in [0.15, 0.2) is 23.1 Å². The van der Waals surface area contributed by atoms with Crippen LogP contribution in [-0.2, 0) is 10.0 Å². The molecule has 0 bridgehead atoms. The Balaban J connectivity index is 0.00000161. The molecule has 3 unspecified atom stereocenters. The number of halogens is 2. The standard InChI is InChI=1S/C14H19FN2O2S.ClH/c1-9-2-4-11(6-13(9)15)20(18,19)17-7-10-3-5-14(16)12(10)8-17;/h2,4,6,10,12,14H,3,5,7-8,16H2,1H3;1H. The Morgan fingerprint density at radius 1 is 1.29 bits per heavy atom. The van der Waals surface area contributed by atoms with E-state index in [1.165, 1.54) is 16.4 Å². The SMILES string of the molecule is Cc1ccc(S(=O)(=O)N2CC3CCC(N)C3C2)cc1F.Cl. The highest BCUT2D eigenvalue weighted by Gasteiger charge is 2.45. The summed E-state index contributed by atoms with van der Waals surface area (Å²) in [4.78, 5) is 0.0362. The van der Waals surface area contributed by atoms with Gasteiger partial charge in [-0.3, -0.25) is 0 Å². The molecule has 1 heterocycles. The van der Waals surface area contributed by atoms with Crippen molar-refractivity contribution in [3.8, 4) is 0 Å². The fraction of sp³-hybridized carbons (Fsp3) is 0.571. The smallest absolute Gasteiger partial charge is 0.243 e. The first-order valence-electron chi connectivity index (χ1n) is 6.91. The third-order valence-electron chi connectivity index (χ3n) is 4.66. The summed E-state index contributed by atoms with van der Waals surface area (Å²) in [5.74, 6) is 0.123. The van der Waals surface area contributed by atoms with Gasteiger partial charge >= 0.3 is 0 Å². The van der Waals surface area contributed by atoms with Crippen molar-refractivity contribution in [2.75, 3.05) is 13.1 Å². The minimum atomic E-state index is -3.61. The second kappa shape index (κ2) is 5.83. The molecule has 4 nitrogen and oxygen atoms in total. The number of fused-ring (bicyclic) bond motifs is 1. The van der Waals surface area contributed by atoms with Crippen molar-refractivity contribution < 1.29 is 12.8 Å². The Morgan fingerprint density at radius 2 is 2.00 bits per heavy atom. The van der Waals surface area contributed by atoms with E-state index in [1.54, 1.807) is 6.92 Å². The van der Waals surface area contributed by atoms with Gasteiger partial charge in [0.05, 0.1) is 4.90 Å². The molecule has 21 heavy (non-hydrogen) atoms. The predicted octanol–water partition coefficient (Wildman–Crippen LogP) is 1.91. The molecule has 1 aromatic rings. The van der Waals surface area contributed by atoms with Crippen LogP contribution in [0, 0.1) is 24.6 Å². The van der Waals surface area contributed by atoms with Gasteiger partial charge in [0.25, 0.3) is 0 Å². The molecule has 0 radical (unpaired) electrons. The number of benzene rings is 1. The Bertz CT molecular complexity index is 638. The maximum Gasteiger partial charge on any atom is 0.243 e. The molecular weight excluding hydrogens is 315 g/mol. The molecule has 2 aliphatic rings. The normalized spacial score (nSPS) is 29.2. The molecule has 2 fully saturated rings.